The fourth-order valence-corrected chi connectivity index (χ4v) is 3.93. The van der Waals surface area contributed by atoms with E-state index in [4.69, 9.17) is 9.05 Å². The van der Waals surface area contributed by atoms with E-state index in [1.54, 1.807) is 0 Å². The number of fused-ring (bicyclic) bond motifs is 2. The topological polar surface area (TPSA) is 18.5 Å². The van der Waals surface area contributed by atoms with E-state index in [1.165, 1.54) is 33.4 Å². The van der Waals surface area contributed by atoms with Crippen molar-refractivity contribution in [2.75, 3.05) is 0 Å². The molecule has 2 aromatic carbocycles. The van der Waals surface area contributed by atoms with Crippen LogP contribution in [0.15, 0.2) is 24.3 Å². The standard InChI is InChI=1S/C18H21O2P/c1-10-6-12(3)17-15(8-10)14(5)16-9-11(2)7-13(4)18(16)20-21-19-17/h6-9,14,21H,1-5H3. The molecule has 0 radical (unpaired) electrons. The first-order valence-electron chi connectivity index (χ1n) is 7.28. The average molecular weight is 300 g/mol. The molecule has 0 spiro atoms. The van der Waals surface area contributed by atoms with Gasteiger partial charge >= 0.3 is 0 Å². The fraction of sp³-hybridized carbons (Fsp3) is 0.333. The van der Waals surface area contributed by atoms with E-state index < -0.39 is 0 Å². The SMILES string of the molecule is Cc1cc(C)c2c(c1)C(C)c1cc(C)cc(C)c1OPO2. The third-order valence-electron chi connectivity index (χ3n) is 4.12. The van der Waals surface area contributed by atoms with Gasteiger partial charge in [0.2, 0.25) is 0 Å². The minimum atomic E-state index is 0.000365. The maximum Gasteiger partial charge on any atom is 0.275 e. The molecule has 0 saturated heterocycles. The van der Waals surface area contributed by atoms with Gasteiger partial charge in [-0.15, -0.1) is 0 Å². The van der Waals surface area contributed by atoms with Gasteiger partial charge in [-0.3, -0.25) is 0 Å². The molecule has 110 valence electrons. The van der Waals surface area contributed by atoms with E-state index >= 15 is 0 Å². The summed E-state index contributed by atoms with van der Waals surface area (Å²) < 4.78 is 11.9. The van der Waals surface area contributed by atoms with Crippen LogP contribution < -0.4 is 9.05 Å². The summed E-state index contributed by atoms with van der Waals surface area (Å²) in [6.45, 7) is 10.7. The Morgan fingerprint density at radius 1 is 0.762 bits per heavy atom. The van der Waals surface area contributed by atoms with Gasteiger partial charge in [0, 0.05) is 17.0 Å². The van der Waals surface area contributed by atoms with Gasteiger partial charge in [0.25, 0.3) is 9.03 Å². The van der Waals surface area contributed by atoms with Gasteiger partial charge in [-0.05, 0) is 38.8 Å². The van der Waals surface area contributed by atoms with Gasteiger partial charge in [0.15, 0.2) is 0 Å². The Bertz CT molecular complexity index is 647. The predicted octanol–water partition coefficient (Wildman–Crippen LogP) is 5.35. The lowest BCUT2D eigenvalue weighted by Gasteiger charge is -2.26. The highest BCUT2D eigenvalue weighted by Gasteiger charge is 2.24. The molecule has 0 saturated carbocycles. The molecule has 0 aliphatic carbocycles. The molecule has 3 heteroatoms. The lowest BCUT2D eigenvalue weighted by Crippen LogP contribution is -2.07. The highest BCUT2D eigenvalue weighted by Crippen LogP contribution is 2.45. The van der Waals surface area contributed by atoms with Crippen LogP contribution in [0.25, 0.3) is 0 Å². The molecule has 0 amide bonds. The third kappa shape index (κ3) is 2.53. The maximum absolute atomic E-state index is 5.93. The summed E-state index contributed by atoms with van der Waals surface area (Å²) in [7, 11) is 0.000365. The molecule has 0 N–H and O–H groups in total. The lowest BCUT2D eigenvalue weighted by molar-refractivity contribution is 0.490. The molecule has 2 nitrogen and oxygen atoms in total. The second kappa shape index (κ2) is 5.35. The Labute approximate surface area is 128 Å². The van der Waals surface area contributed by atoms with Gasteiger partial charge in [0.05, 0.1) is 0 Å². The van der Waals surface area contributed by atoms with Gasteiger partial charge in [-0.2, -0.15) is 0 Å². The number of benzene rings is 2. The predicted molar refractivity (Wildman–Crippen MR) is 88.9 cm³/mol. The van der Waals surface area contributed by atoms with Crippen LogP contribution in [0.3, 0.4) is 0 Å². The van der Waals surface area contributed by atoms with Crippen molar-refractivity contribution in [1.29, 1.82) is 0 Å². The zero-order valence-electron chi connectivity index (χ0n) is 13.2. The Balaban J connectivity index is 2.24. The van der Waals surface area contributed by atoms with E-state index in [9.17, 15) is 0 Å². The molecule has 3 rings (SSSR count). The minimum Gasteiger partial charge on any atom is -0.440 e. The summed E-state index contributed by atoms with van der Waals surface area (Å²) >= 11 is 0. The van der Waals surface area contributed by atoms with Gasteiger partial charge in [-0.1, -0.05) is 42.3 Å². The number of hydrogen-bond donors (Lipinski definition) is 0. The number of rotatable bonds is 0. The zero-order valence-corrected chi connectivity index (χ0v) is 14.2. The molecular weight excluding hydrogens is 279 g/mol. The van der Waals surface area contributed by atoms with Gasteiger partial charge < -0.3 is 9.05 Å². The van der Waals surface area contributed by atoms with E-state index in [0.29, 0.717) is 0 Å². The molecule has 1 aliphatic heterocycles. The first kappa shape index (κ1) is 14.4. The highest BCUT2D eigenvalue weighted by molar-refractivity contribution is 7.27. The van der Waals surface area contributed by atoms with Crippen LogP contribution in [-0.2, 0) is 0 Å². The van der Waals surface area contributed by atoms with Crippen molar-refractivity contribution in [2.45, 2.75) is 40.5 Å². The quantitative estimate of drug-likeness (QED) is 0.610. The molecule has 21 heavy (non-hydrogen) atoms. The van der Waals surface area contributed by atoms with Crippen molar-refractivity contribution in [3.8, 4) is 11.5 Å². The molecule has 0 bridgehead atoms. The Morgan fingerprint density at radius 2 is 1.19 bits per heavy atom. The Kier molecular flexibility index (Phi) is 3.67. The van der Waals surface area contributed by atoms with E-state index in [0.717, 1.165) is 11.5 Å². The summed E-state index contributed by atoms with van der Waals surface area (Å²) in [5.41, 5.74) is 7.43. The summed E-state index contributed by atoms with van der Waals surface area (Å²) in [6, 6.07) is 8.81. The lowest BCUT2D eigenvalue weighted by atomic mass is 9.87. The molecule has 0 fully saturated rings. The largest absolute Gasteiger partial charge is 0.440 e. The van der Waals surface area contributed by atoms with Crippen LogP contribution in [0.4, 0.5) is 0 Å². The first-order chi connectivity index (χ1) is 9.97. The fourth-order valence-electron chi connectivity index (χ4n) is 3.17. The second-order valence-electron chi connectivity index (χ2n) is 6.01. The summed E-state index contributed by atoms with van der Waals surface area (Å²) in [4.78, 5) is 0. The number of aryl methyl sites for hydroxylation is 4. The van der Waals surface area contributed by atoms with Crippen molar-refractivity contribution in [3.05, 3.63) is 57.6 Å². The normalized spacial score (nSPS) is 18.0. The van der Waals surface area contributed by atoms with Crippen LogP contribution in [0.5, 0.6) is 11.5 Å². The van der Waals surface area contributed by atoms with Crippen LogP contribution in [0, 0.1) is 27.7 Å². The van der Waals surface area contributed by atoms with Crippen molar-refractivity contribution < 1.29 is 9.05 Å². The maximum atomic E-state index is 5.93. The molecular formula is C18H21O2P. The van der Waals surface area contributed by atoms with Gasteiger partial charge in [-0.25, -0.2) is 0 Å². The molecule has 0 atom stereocenters. The zero-order chi connectivity index (χ0) is 15.1. The molecule has 0 aromatic heterocycles. The first-order valence-corrected chi connectivity index (χ1v) is 8.10. The minimum absolute atomic E-state index is 0.000365. The van der Waals surface area contributed by atoms with Crippen molar-refractivity contribution >= 4 is 9.03 Å². The molecule has 2 aromatic rings. The molecule has 1 heterocycles. The monoisotopic (exact) mass is 300 g/mol. The smallest absolute Gasteiger partial charge is 0.275 e. The Hall–Kier alpha value is -1.53. The molecule has 1 aliphatic rings. The third-order valence-corrected chi connectivity index (χ3v) is 4.69. The summed E-state index contributed by atoms with van der Waals surface area (Å²) in [5.74, 6) is 2.23. The number of hydrogen-bond acceptors (Lipinski definition) is 2. The van der Waals surface area contributed by atoms with E-state index in [1.807, 2.05) is 0 Å². The van der Waals surface area contributed by atoms with Crippen LogP contribution in [-0.4, -0.2) is 0 Å². The van der Waals surface area contributed by atoms with Crippen LogP contribution in [0.2, 0.25) is 0 Å². The summed E-state index contributed by atoms with van der Waals surface area (Å²) in [6.07, 6.45) is 0. The van der Waals surface area contributed by atoms with Crippen molar-refractivity contribution in [1.82, 2.24) is 0 Å². The second-order valence-corrected chi connectivity index (χ2v) is 6.58. The molecule has 0 unspecified atom stereocenters. The van der Waals surface area contributed by atoms with Crippen LogP contribution >= 0.6 is 9.03 Å². The van der Waals surface area contributed by atoms with Gasteiger partial charge in [0.1, 0.15) is 11.5 Å². The van der Waals surface area contributed by atoms with E-state index in [-0.39, 0.29) is 15.0 Å². The van der Waals surface area contributed by atoms with Crippen molar-refractivity contribution in [2.24, 2.45) is 0 Å². The summed E-state index contributed by atoms with van der Waals surface area (Å²) in [5, 5.41) is 0. The highest BCUT2D eigenvalue weighted by atomic mass is 31.1. The van der Waals surface area contributed by atoms with Crippen LogP contribution in [0.1, 0.15) is 46.2 Å². The van der Waals surface area contributed by atoms with Crippen molar-refractivity contribution in [3.63, 3.8) is 0 Å². The average Bonchev–Trinajstić information content (AvgIpc) is 2.40. The van der Waals surface area contributed by atoms with E-state index in [2.05, 4.69) is 58.9 Å². The Morgan fingerprint density at radius 3 is 1.62 bits per heavy atom.